The molecule has 0 saturated carbocycles. The number of aromatic nitrogens is 2. The summed E-state index contributed by atoms with van der Waals surface area (Å²) in [5, 5.41) is 22.4. The molecule has 0 radical (unpaired) electrons. The normalized spacial score (nSPS) is 11.5. The van der Waals surface area contributed by atoms with Crippen molar-refractivity contribution >= 4 is 22.6 Å². The second-order valence-corrected chi connectivity index (χ2v) is 5.22. The Hall–Kier alpha value is -2.17. The van der Waals surface area contributed by atoms with Crippen LogP contribution in [0.4, 0.5) is 5.82 Å². The fraction of sp³-hybridized carbons (Fsp3) is 0.357. The fourth-order valence-electron chi connectivity index (χ4n) is 1.75. The quantitative estimate of drug-likeness (QED) is 0.882. The Bertz CT molecular complexity index is 623. The predicted molar refractivity (Wildman–Crippen MR) is 74.2 cm³/mol. The van der Waals surface area contributed by atoms with E-state index in [0.717, 1.165) is 16.5 Å². The molecule has 2 N–H and O–H groups in total. The van der Waals surface area contributed by atoms with Crippen molar-refractivity contribution in [2.75, 3.05) is 11.9 Å². The number of fused-ring (bicyclic) bond motifs is 1. The zero-order chi connectivity index (χ0) is 14.0. The number of hydrogen-bond acceptors (Lipinski definition) is 4. The van der Waals surface area contributed by atoms with Crippen LogP contribution in [0.1, 0.15) is 19.5 Å². The number of nitrogens with one attached hydrogen (secondary N) is 1. The lowest BCUT2D eigenvalue weighted by Gasteiger charge is -2.20. The molecular formula is C14H17N3O2. The van der Waals surface area contributed by atoms with Crippen LogP contribution in [-0.4, -0.2) is 27.8 Å². The molecule has 1 heterocycles. The summed E-state index contributed by atoms with van der Waals surface area (Å²) in [5.74, 6) is -0.222. The molecule has 19 heavy (non-hydrogen) atoms. The van der Waals surface area contributed by atoms with Crippen LogP contribution in [0.25, 0.3) is 10.8 Å². The summed E-state index contributed by atoms with van der Waals surface area (Å²) in [6.07, 6.45) is 0. The number of hydrogen-bond donors (Lipinski definition) is 2. The van der Waals surface area contributed by atoms with E-state index in [1.165, 1.54) is 0 Å². The number of carbonyl (C=O) groups is 1. The summed E-state index contributed by atoms with van der Waals surface area (Å²) in [6.45, 7) is 5.54. The van der Waals surface area contributed by atoms with Crippen molar-refractivity contribution in [3.05, 3.63) is 30.0 Å². The van der Waals surface area contributed by atoms with Gasteiger partial charge >= 0.3 is 5.97 Å². The Labute approximate surface area is 111 Å². The topological polar surface area (TPSA) is 75.1 Å². The molecule has 0 spiro atoms. The molecule has 0 saturated heterocycles. The minimum atomic E-state index is -0.854. The maximum absolute atomic E-state index is 11.1. The van der Waals surface area contributed by atoms with Gasteiger partial charge in [-0.15, -0.1) is 5.10 Å². The van der Waals surface area contributed by atoms with E-state index in [1.54, 1.807) is 13.8 Å². The molecule has 0 amide bonds. The van der Waals surface area contributed by atoms with Crippen LogP contribution in [0.15, 0.2) is 24.3 Å². The Morgan fingerprint density at radius 3 is 2.53 bits per heavy atom. The van der Waals surface area contributed by atoms with Crippen molar-refractivity contribution in [2.24, 2.45) is 5.41 Å². The summed E-state index contributed by atoms with van der Waals surface area (Å²) in [4.78, 5) is 11.1. The first-order valence-corrected chi connectivity index (χ1v) is 6.11. The van der Waals surface area contributed by atoms with Gasteiger partial charge in [0.05, 0.1) is 11.1 Å². The third kappa shape index (κ3) is 2.65. The highest BCUT2D eigenvalue weighted by Gasteiger charge is 2.27. The number of anilines is 1. The lowest BCUT2D eigenvalue weighted by Crippen LogP contribution is -2.32. The number of aryl methyl sites for hydroxylation is 1. The van der Waals surface area contributed by atoms with E-state index in [4.69, 9.17) is 5.11 Å². The van der Waals surface area contributed by atoms with Gasteiger partial charge in [-0.2, -0.15) is 5.10 Å². The van der Waals surface area contributed by atoms with E-state index in [0.29, 0.717) is 12.4 Å². The van der Waals surface area contributed by atoms with Gasteiger partial charge in [-0.3, -0.25) is 4.79 Å². The molecular weight excluding hydrogens is 242 g/mol. The number of carboxylic acids is 1. The van der Waals surface area contributed by atoms with Gasteiger partial charge in [0.2, 0.25) is 0 Å². The average molecular weight is 259 g/mol. The predicted octanol–water partition coefficient (Wildman–Crippen LogP) is 2.46. The SMILES string of the molecule is Cc1nnc(NCC(C)(C)C(=O)O)c2ccccc12. The van der Waals surface area contributed by atoms with Crippen LogP contribution in [0.3, 0.4) is 0 Å². The van der Waals surface area contributed by atoms with Gasteiger partial charge in [-0.05, 0) is 20.8 Å². The van der Waals surface area contributed by atoms with E-state index < -0.39 is 11.4 Å². The second-order valence-electron chi connectivity index (χ2n) is 5.22. The first-order chi connectivity index (χ1) is 8.92. The third-order valence-electron chi connectivity index (χ3n) is 3.15. The molecule has 5 nitrogen and oxygen atoms in total. The maximum Gasteiger partial charge on any atom is 0.310 e. The molecule has 0 fully saturated rings. The highest BCUT2D eigenvalue weighted by Crippen LogP contribution is 2.24. The number of rotatable bonds is 4. The molecule has 1 aromatic heterocycles. The van der Waals surface area contributed by atoms with Gasteiger partial charge in [0.25, 0.3) is 0 Å². The van der Waals surface area contributed by atoms with Gasteiger partial charge in [0, 0.05) is 17.3 Å². The van der Waals surface area contributed by atoms with E-state index in [2.05, 4.69) is 15.5 Å². The van der Waals surface area contributed by atoms with E-state index in [9.17, 15) is 4.79 Å². The molecule has 2 rings (SSSR count). The van der Waals surface area contributed by atoms with Crippen molar-refractivity contribution in [1.29, 1.82) is 0 Å². The van der Waals surface area contributed by atoms with Gasteiger partial charge in [0.1, 0.15) is 0 Å². The van der Waals surface area contributed by atoms with Crippen molar-refractivity contribution in [1.82, 2.24) is 10.2 Å². The van der Waals surface area contributed by atoms with Crippen molar-refractivity contribution < 1.29 is 9.90 Å². The molecule has 0 aliphatic heterocycles. The zero-order valence-corrected chi connectivity index (χ0v) is 11.3. The molecule has 2 aromatic rings. The molecule has 5 heteroatoms. The van der Waals surface area contributed by atoms with Crippen LogP contribution in [0.5, 0.6) is 0 Å². The number of carboxylic acid groups (broad SMARTS) is 1. The van der Waals surface area contributed by atoms with Gasteiger partial charge < -0.3 is 10.4 Å². The average Bonchev–Trinajstić information content (AvgIpc) is 2.38. The Kier molecular flexibility index (Phi) is 3.38. The van der Waals surface area contributed by atoms with Crippen molar-refractivity contribution in [3.8, 4) is 0 Å². The molecule has 0 bridgehead atoms. The minimum absolute atomic E-state index is 0.296. The lowest BCUT2D eigenvalue weighted by molar-refractivity contribution is -0.146. The molecule has 100 valence electrons. The van der Waals surface area contributed by atoms with Gasteiger partial charge in [-0.25, -0.2) is 0 Å². The zero-order valence-electron chi connectivity index (χ0n) is 11.3. The largest absolute Gasteiger partial charge is 0.481 e. The van der Waals surface area contributed by atoms with E-state index in [-0.39, 0.29) is 0 Å². The number of aliphatic carboxylic acids is 1. The van der Waals surface area contributed by atoms with Gasteiger partial charge in [-0.1, -0.05) is 24.3 Å². The number of benzene rings is 1. The summed E-state index contributed by atoms with van der Waals surface area (Å²) in [6, 6.07) is 7.80. The van der Waals surface area contributed by atoms with Crippen molar-refractivity contribution in [3.63, 3.8) is 0 Å². The summed E-state index contributed by atoms with van der Waals surface area (Å²) in [5.41, 5.74) is 0.00635. The van der Waals surface area contributed by atoms with Crippen LogP contribution in [0, 0.1) is 12.3 Å². The Morgan fingerprint density at radius 2 is 1.89 bits per heavy atom. The second kappa shape index (κ2) is 4.84. The minimum Gasteiger partial charge on any atom is -0.481 e. The molecule has 0 unspecified atom stereocenters. The highest BCUT2D eigenvalue weighted by molar-refractivity contribution is 5.93. The van der Waals surface area contributed by atoms with Crippen LogP contribution >= 0.6 is 0 Å². The maximum atomic E-state index is 11.1. The Morgan fingerprint density at radius 1 is 1.26 bits per heavy atom. The monoisotopic (exact) mass is 259 g/mol. The highest BCUT2D eigenvalue weighted by atomic mass is 16.4. The van der Waals surface area contributed by atoms with E-state index >= 15 is 0 Å². The summed E-state index contributed by atoms with van der Waals surface area (Å²) >= 11 is 0. The van der Waals surface area contributed by atoms with Gasteiger partial charge in [0.15, 0.2) is 5.82 Å². The van der Waals surface area contributed by atoms with Crippen LogP contribution < -0.4 is 5.32 Å². The van der Waals surface area contributed by atoms with E-state index in [1.807, 2.05) is 31.2 Å². The molecule has 0 aliphatic carbocycles. The van der Waals surface area contributed by atoms with Crippen LogP contribution in [0.2, 0.25) is 0 Å². The molecule has 0 aliphatic rings. The standard InChI is InChI=1S/C14H17N3O2/c1-9-10-6-4-5-7-11(10)12(17-16-9)15-8-14(2,3)13(18)19/h4-7H,8H2,1-3H3,(H,15,17)(H,18,19). The summed E-state index contributed by atoms with van der Waals surface area (Å²) in [7, 11) is 0. The summed E-state index contributed by atoms with van der Waals surface area (Å²) < 4.78 is 0. The molecule has 0 atom stereocenters. The molecule has 1 aromatic carbocycles. The first kappa shape index (κ1) is 13.3. The van der Waals surface area contributed by atoms with Crippen molar-refractivity contribution in [2.45, 2.75) is 20.8 Å². The lowest BCUT2D eigenvalue weighted by atomic mass is 9.94. The Balaban J connectivity index is 2.32. The number of nitrogens with zero attached hydrogens (tertiary/aromatic N) is 2. The first-order valence-electron chi connectivity index (χ1n) is 6.11. The third-order valence-corrected chi connectivity index (χ3v) is 3.15. The fourth-order valence-corrected chi connectivity index (χ4v) is 1.75. The smallest absolute Gasteiger partial charge is 0.310 e. The van der Waals surface area contributed by atoms with Crippen LogP contribution in [-0.2, 0) is 4.79 Å².